The van der Waals surface area contributed by atoms with Crippen molar-refractivity contribution in [2.24, 2.45) is 0 Å². The molecule has 0 atom stereocenters. The third kappa shape index (κ3) is 4.73. The summed E-state index contributed by atoms with van der Waals surface area (Å²) in [6, 6.07) is 9.69. The number of aryl methyl sites for hydroxylation is 1. The standard InChI is InChI=1S/C19H21NO5/c1-11(2)14-6-4-12(3)8-17(14)25-10-18(22)20-13-5-7-16(21)15(9-13)19(23)24/h4-9,11,21H,10H2,1-3H3,(H,20,22)(H,23,24). The Kier molecular flexibility index (Phi) is 5.64. The highest BCUT2D eigenvalue weighted by atomic mass is 16.5. The minimum absolute atomic E-state index is 0.202. The van der Waals surface area contributed by atoms with E-state index < -0.39 is 11.9 Å². The summed E-state index contributed by atoms with van der Waals surface area (Å²) >= 11 is 0. The van der Waals surface area contributed by atoms with E-state index in [4.69, 9.17) is 9.84 Å². The van der Waals surface area contributed by atoms with Crippen LogP contribution in [0.25, 0.3) is 0 Å². The van der Waals surface area contributed by atoms with Crippen molar-refractivity contribution < 1.29 is 24.5 Å². The number of anilines is 1. The minimum Gasteiger partial charge on any atom is -0.507 e. The lowest BCUT2D eigenvalue weighted by molar-refractivity contribution is -0.118. The van der Waals surface area contributed by atoms with Crippen molar-refractivity contribution in [3.8, 4) is 11.5 Å². The topological polar surface area (TPSA) is 95.9 Å². The molecule has 0 fully saturated rings. The van der Waals surface area contributed by atoms with E-state index in [2.05, 4.69) is 5.32 Å². The second-order valence-electron chi connectivity index (χ2n) is 6.07. The zero-order valence-corrected chi connectivity index (χ0v) is 14.4. The molecule has 0 unspecified atom stereocenters. The number of aromatic hydroxyl groups is 1. The summed E-state index contributed by atoms with van der Waals surface area (Å²) in [5.41, 5.74) is 2.04. The zero-order valence-electron chi connectivity index (χ0n) is 14.4. The summed E-state index contributed by atoms with van der Waals surface area (Å²) in [4.78, 5) is 23.1. The minimum atomic E-state index is -1.27. The van der Waals surface area contributed by atoms with Gasteiger partial charge in [0.05, 0.1) is 0 Å². The molecule has 6 heteroatoms. The Bertz CT molecular complexity index is 798. The molecule has 2 aromatic carbocycles. The van der Waals surface area contributed by atoms with Gasteiger partial charge in [0.15, 0.2) is 6.61 Å². The van der Waals surface area contributed by atoms with Gasteiger partial charge in [-0.3, -0.25) is 4.79 Å². The Balaban J connectivity index is 2.06. The average Bonchev–Trinajstić information content (AvgIpc) is 2.54. The molecule has 0 aromatic heterocycles. The number of carbonyl (C=O) groups excluding carboxylic acids is 1. The van der Waals surface area contributed by atoms with Crippen LogP contribution in [0.1, 0.15) is 41.3 Å². The van der Waals surface area contributed by atoms with Gasteiger partial charge in [-0.1, -0.05) is 26.0 Å². The summed E-state index contributed by atoms with van der Waals surface area (Å²) in [6.07, 6.45) is 0. The van der Waals surface area contributed by atoms with Crippen molar-refractivity contribution in [2.45, 2.75) is 26.7 Å². The Morgan fingerprint density at radius 1 is 1.16 bits per heavy atom. The van der Waals surface area contributed by atoms with Gasteiger partial charge in [-0.25, -0.2) is 4.79 Å². The molecule has 25 heavy (non-hydrogen) atoms. The molecule has 2 aromatic rings. The van der Waals surface area contributed by atoms with Crippen LogP contribution in [0, 0.1) is 6.92 Å². The summed E-state index contributed by atoms with van der Waals surface area (Å²) in [7, 11) is 0. The van der Waals surface area contributed by atoms with Crippen LogP contribution in [0.2, 0.25) is 0 Å². The highest BCUT2D eigenvalue weighted by Crippen LogP contribution is 2.27. The maximum absolute atomic E-state index is 12.1. The van der Waals surface area contributed by atoms with Crippen LogP contribution in [0.3, 0.4) is 0 Å². The molecule has 132 valence electrons. The number of carboxylic acid groups (broad SMARTS) is 1. The molecule has 0 aliphatic heterocycles. The maximum Gasteiger partial charge on any atom is 0.339 e. The van der Waals surface area contributed by atoms with Gasteiger partial charge in [0.2, 0.25) is 0 Å². The number of aromatic carboxylic acids is 1. The smallest absolute Gasteiger partial charge is 0.339 e. The summed E-state index contributed by atoms with van der Waals surface area (Å²) in [5, 5.41) is 21.0. The van der Waals surface area contributed by atoms with Crippen molar-refractivity contribution in [2.75, 3.05) is 11.9 Å². The molecule has 0 radical (unpaired) electrons. The van der Waals surface area contributed by atoms with Gasteiger partial charge >= 0.3 is 5.97 Å². The van der Waals surface area contributed by atoms with Gasteiger partial charge in [0.25, 0.3) is 5.91 Å². The first-order chi connectivity index (χ1) is 11.8. The molecule has 0 saturated heterocycles. The maximum atomic E-state index is 12.1. The van der Waals surface area contributed by atoms with Gasteiger partial charge in [-0.2, -0.15) is 0 Å². The predicted octanol–water partition coefficient (Wildman–Crippen LogP) is 3.54. The zero-order chi connectivity index (χ0) is 18.6. The van der Waals surface area contributed by atoms with Gasteiger partial charge < -0.3 is 20.3 Å². The number of amides is 1. The monoisotopic (exact) mass is 343 g/mol. The van der Waals surface area contributed by atoms with E-state index in [9.17, 15) is 14.7 Å². The second-order valence-corrected chi connectivity index (χ2v) is 6.07. The van der Waals surface area contributed by atoms with Gasteiger partial charge in [0, 0.05) is 5.69 Å². The number of hydrogen-bond donors (Lipinski definition) is 3. The number of nitrogens with one attached hydrogen (secondary N) is 1. The summed E-state index contributed by atoms with van der Waals surface area (Å²) in [5.74, 6) is -1.14. The lowest BCUT2D eigenvalue weighted by atomic mass is 10.0. The predicted molar refractivity (Wildman–Crippen MR) is 94.5 cm³/mol. The second kappa shape index (κ2) is 7.70. The average molecular weight is 343 g/mol. The van der Waals surface area contributed by atoms with E-state index in [1.54, 1.807) is 0 Å². The quantitative estimate of drug-likeness (QED) is 0.697. The van der Waals surface area contributed by atoms with Crippen molar-refractivity contribution in [3.63, 3.8) is 0 Å². The molecule has 0 spiro atoms. The molecule has 0 bridgehead atoms. The summed E-state index contributed by atoms with van der Waals surface area (Å²) in [6.45, 7) is 5.83. The number of phenols is 1. The van der Waals surface area contributed by atoms with E-state index in [0.29, 0.717) is 5.75 Å². The molecule has 0 heterocycles. The molecular weight excluding hydrogens is 322 g/mol. The third-order valence-electron chi connectivity index (χ3n) is 3.66. The molecule has 0 aliphatic rings. The van der Waals surface area contributed by atoms with E-state index >= 15 is 0 Å². The van der Waals surface area contributed by atoms with Gasteiger partial charge in [-0.15, -0.1) is 0 Å². The van der Waals surface area contributed by atoms with Crippen LogP contribution in [0.5, 0.6) is 11.5 Å². The lowest BCUT2D eigenvalue weighted by Gasteiger charge is -2.15. The first-order valence-electron chi connectivity index (χ1n) is 7.87. The van der Waals surface area contributed by atoms with Crippen LogP contribution < -0.4 is 10.1 Å². The lowest BCUT2D eigenvalue weighted by Crippen LogP contribution is -2.20. The first-order valence-corrected chi connectivity index (χ1v) is 7.87. The molecule has 0 saturated carbocycles. The largest absolute Gasteiger partial charge is 0.507 e. The normalized spacial score (nSPS) is 10.6. The number of carboxylic acids is 1. The van der Waals surface area contributed by atoms with Crippen LogP contribution in [-0.4, -0.2) is 28.7 Å². The number of ether oxygens (including phenoxy) is 1. The number of benzene rings is 2. The Morgan fingerprint density at radius 3 is 2.52 bits per heavy atom. The van der Waals surface area contributed by atoms with E-state index in [-0.39, 0.29) is 29.5 Å². The summed E-state index contributed by atoms with van der Waals surface area (Å²) < 4.78 is 5.64. The molecule has 6 nitrogen and oxygen atoms in total. The van der Waals surface area contributed by atoms with E-state index in [0.717, 1.165) is 11.1 Å². The van der Waals surface area contributed by atoms with Crippen LogP contribution >= 0.6 is 0 Å². The first kappa shape index (κ1) is 18.3. The fourth-order valence-electron chi connectivity index (χ4n) is 2.37. The molecular formula is C19H21NO5. The van der Waals surface area contributed by atoms with Crippen molar-refractivity contribution in [3.05, 3.63) is 53.1 Å². The van der Waals surface area contributed by atoms with Crippen molar-refractivity contribution >= 4 is 17.6 Å². The highest BCUT2D eigenvalue weighted by molar-refractivity contribution is 5.96. The highest BCUT2D eigenvalue weighted by Gasteiger charge is 2.13. The van der Waals surface area contributed by atoms with Gasteiger partial charge in [-0.05, 0) is 48.2 Å². The number of carbonyl (C=O) groups is 2. The Hall–Kier alpha value is -3.02. The fraction of sp³-hybridized carbons (Fsp3) is 0.263. The number of hydrogen-bond acceptors (Lipinski definition) is 4. The van der Waals surface area contributed by atoms with Crippen molar-refractivity contribution in [1.82, 2.24) is 0 Å². The Morgan fingerprint density at radius 2 is 1.88 bits per heavy atom. The van der Waals surface area contributed by atoms with Crippen LogP contribution in [0.15, 0.2) is 36.4 Å². The SMILES string of the molecule is Cc1ccc(C(C)C)c(OCC(=O)Nc2ccc(O)c(C(=O)O)c2)c1. The van der Waals surface area contributed by atoms with Crippen LogP contribution in [-0.2, 0) is 4.79 Å². The molecule has 3 N–H and O–H groups in total. The van der Waals surface area contributed by atoms with Crippen molar-refractivity contribution in [1.29, 1.82) is 0 Å². The fourth-order valence-corrected chi connectivity index (χ4v) is 2.37. The number of rotatable bonds is 6. The Labute approximate surface area is 146 Å². The third-order valence-corrected chi connectivity index (χ3v) is 3.66. The van der Waals surface area contributed by atoms with E-state index in [1.807, 2.05) is 39.0 Å². The molecule has 2 rings (SSSR count). The van der Waals surface area contributed by atoms with Crippen LogP contribution in [0.4, 0.5) is 5.69 Å². The van der Waals surface area contributed by atoms with Gasteiger partial charge in [0.1, 0.15) is 17.1 Å². The van der Waals surface area contributed by atoms with E-state index in [1.165, 1.54) is 18.2 Å². The molecule has 0 aliphatic carbocycles. The molecule has 1 amide bonds.